The molecule has 0 aliphatic rings. The van der Waals surface area contributed by atoms with E-state index in [1.54, 1.807) is 0 Å². The summed E-state index contributed by atoms with van der Waals surface area (Å²) in [6.45, 7) is 0. The zero-order valence-electron chi connectivity index (χ0n) is 12.0. The molecule has 2 unspecified atom stereocenters. The predicted molar refractivity (Wildman–Crippen MR) is 69.4 cm³/mol. The fraction of sp³-hybridized carbons (Fsp3) is 0.333. The third-order valence-electron chi connectivity index (χ3n) is 2.88. The Labute approximate surface area is 136 Å². The predicted octanol–water partition coefficient (Wildman–Crippen LogP) is 2.67. The number of halogens is 5. The van der Waals surface area contributed by atoms with E-state index in [0.717, 1.165) is 0 Å². The molecule has 1 rings (SSSR count). The number of carbonyl (C=O) groups is 2. The van der Waals surface area contributed by atoms with Gasteiger partial charge in [0.05, 0.1) is 5.56 Å². The highest BCUT2D eigenvalue weighted by Crippen LogP contribution is 2.64. The molecule has 0 heterocycles. The molecule has 13 heteroatoms. The van der Waals surface area contributed by atoms with Crippen LogP contribution >= 0.6 is 7.60 Å². The molecule has 0 amide bonds. The highest BCUT2D eigenvalue weighted by Gasteiger charge is 2.56. The lowest BCUT2D eigenvalue weighted by Gasteiger charge is -2.25. The minimum absolute atomic E-state index is 0.00695. The van der Waals surface area contributed by atoms with Crippen molar-refractivity contribution in [3.8, 4) is 0 Å². The Balaban J connectivity index is 3.21. The second kappa shape index (κ2) is 7.46. The van der Waals surface area contributed by atoms with Crippen molar-refractivity contribution < 1.29 is 55.7 Å². The molecular formula is C12H10F5O7P. The van der Waals surface area contributed by atoms with Crippen LogP contribution in [0.3, 0.4) is 0 Å². The number of hydrogen-bond donors (Lipinski definition) is 3. The van der Waals surface area contributed by atoms with Crippen molar-refractivity contribution in [3.63, 3.8) is 0 Å². The van der Waals surface area contributed by atoms with Gasteiger partial charge in [-0.1, -0.05) is 0 Å². The van der Waals surface area contributed by atoms with Gasteiger partial charge in [-0.15, -0.1) is 0 Å². The van der Waals surface area contributed by atoms with E-state index in [9.17, 15) is 41.0 Å². The van der Waals surface area contributed by atoms with Crippen molar-refractivity contribution in [1.29, 1.82) is 0 Å². The lowest BCUT2D eigenvalue weighted by Crippen LogP contribution is -2.28. The van der Waals surface area contributed by atoms with E-state index in [-0.39, 0.29) is 12.1 Å². The maximum absolute atomic E-state index is 14.1. The minimum Gasteiger partial charge on any atom is -0.481 e. The molecule has 0 aliphatic carbocycles. The number of carboxylic acid groups (broad SMARTS) is 2. The van der Waals surface area contributed by atoms with Gasteiger partial charge >= 0.3 is 25.2 Å². The summed E-state index contributed by atoms with van der Waals surface area (Å²) in [4.78, 5) is 30.6. The average Bonchev–Trinajstić information content (AvgIpc) is 2.48. The van der Waals surface area contributed by atoms with E-state index in [4.69, 9.17) is 10.2 Å². The van der Waals surface area contributed by atoms with E-state index in [2.05, 4.69) is 4.52 Å². The third-order valence-corrected chi connectivity index (χ3v) is 4.37. The molecule has 7 nitrogen and oxygen atoms in total. The molecule has 0 radical (unpaired) electrons. The summed E-state index contributed by atoms with van der Waals surface area (Å²) in [5.74, 6) is -10.2. The molecule has 1 aromatic rings. The van der Waals surface area contributed by atoms with Gasteiger partial charge in [-0.3, -0.25) is 13.9 Å². The molecule has 140 valence electrons. The summed E-state index contributed by atoms with van der Waals surface area (Å²) in [5.41, 5.74) is -7.16. The Morgan fingerprint density at radius 1 is 1.16 bits per heavy atom. The van der Waals surface area contributed by atoms with Crippen molar-refractivity contribution in [2.24, 2.45) is 0 Å². The fourth-order valence-electron chi connectivity index (χ4n) is 1.62. The van der Waals surface area contributed by atoms with E-state index >= 15 is 0 Å². The molecular weight excluding hydrogens is 382 g/mol. The number of hydrogen-bond acceptors (Lipinski definition) is 4. The number of carboxylic acids is 2. The van der Waals surface area contributed by atoms with Crippen LogP contribution in [0.25, 0.3) is 0 Å². The Morgan fingerprint density at radius 3 is 2.20 bits per heavy atom. The number of alkyl halides is 2. The van der Waals surface area contributed by atoms with Crippen molar-refractivity contribution in [3.05, 3.63) is 35.1 Å². The van der Waals surface area contributed by atoms with Gasteiger partial charge in [-0.05, 0) is 18.6 Å². The average molecular weight is 392 g/mol. The smallest absolute Gasteiger partial charge is 0.402 e. The van der Waals surface area contributed by atoms with Crippen molar-refractivity contribution in [2.75, 3.05) is 0 Å². The Kier molecular flexibility index (Phi) is 6.27. The third kappa shape index (κ3) is 4.53. The summed E-state index contributed by atoms with van der Waals surface area (Å²) in [6, 6.07) is 0.0633. The van der Waals surface area contributed by atoms with E-state index in [1.807, 2.05) is 0 Å². The zero-order chi connectivity index (χ0) is 19.6. The number of rotatable bonds is 8. The zero-order valence-corrected chi connectivity index (χ0v) is 12.9. The quantitative estimate of drug-likeness (QED) is 0.353. The van der Waals surface area contributed by atoms with Crippen LogP contribution in [0.1, 0.15) is 18.4 Å². The number of aliphatic carboxylic acids is 2. The van der Waals surface area contributed by atoms with Gasteiger partial charge in [0.2, 0.25) is 0 Å². The highest BCUT2D eigenvalue weighted by molar-refractivity contribution is 7.53. The molecule has 0 saturated heterocycles. The Bertz CT molecular complexity index is 739. The first-order chi connectivity index (χ1) is 11.3. The molecule has 0 bridgehead atoms. The van der Waals surface area contributed by atoms with Gasteiger partial charge in [0.15, 0.2) is 23.6 Å². The summed E-state index contributed by atoms with van der Waals surface area (Å²) in [5, 5.41) is 17.2. The summed E-state index contributed by atoms with van der Waals surface area (Å²) in [7, 11) is -6.29. The Morgan fingerprint density at radius 2 is 1.72 bits per heavy atom. The van der Waals surface area contributed by atoms with E-state index < -0.39 is 67.2 Å². The fourth-order valence-corrected chi connectivity index (χ4v) is 2.77. The molecule has 0 aromatic heterocycles. The van der Waals surface area contributed by atoms with Crippen LogP contribution in [0.15, 0.2) is 12.1 Å². The molecule has 3 N–H and O–H groups in total. The first kappa shape index (κ1) is 21.0. The molecule has 25 heavy (non-hydrogen) atoms. The maximum Gasteiger partial charge on any atom is 0.402 e. The second-order valence-corrected chi connectivity index (χ2v) is 6.46. The first-order valence-corrected chi connectivity index (χ1v) is 7.86. The first-order valence-electron chi connectivity index (χ1n) is 6.29. The van der Waals surface area contributed by atoms with Gasteiger partial charge in [0.25, 0.3) is 0 Å². The lowest BCUT2D eigenvalue weighted by molar-refractivity contribution is -0.147. The van der Waals surface area contributed by atoms with E-state index in [0.29, 0.717) is 0 Å². The molecule has 0 saturated carbocycles. The molecule has 1 aromatic carbocycles. The normalized spacial score (nSPS) is 15.4. The lowest BCUT2D eigenvalue weighted by atomic mass is 10.2. The SMILES string of the molecule is O=C(O)CCC(OP(=O)(O)C(F)(F)c1ccc(F)c(F)c1F)C(=O)O. The van der Waals surface area contributed by atoms with Crippen LogP contribution in [0, 0.1) is 17.5 Å². The molecule has 0 aliphatic heterocycles. The van der Waals surface area contributed by atoms with Gasteiger partial charge in [-0.2, -0.15) is 8.78 Å². The molecule has 2 atom stereocenters. The topological polar surface area (TPSA) is 121 Å². The van der Waals surface area contributed by atoms with Gasteiger partial charge in [0.1, 0.15) is 0 Å². The van der Waals surface area contributed by atoms with Crippen LogP contribution in [-0.4, -0.2) is 33.1 Å². The van der Waals surface area contributed by atoms with Crippen LogP contribution < -0.4 is 0 Å². The van der Waals surface area contributed by atoms with Crippen molar-refractivity contribution in [1.82, 2.24) is 0 Å². The summed E-state index contributed by atoms with van der Waals surface area (Å²) in [6.07, 6.45) is -4.29. The summed E-state index contributed by atoms with van der Waals surface area (Å²) >= 11 is 0. The monoisotopic (exact) mass is 392 g/mol. The second-order valence-electron chi connectivity index (χ2n) is 4.65. The highest BCUT2D eigenvalue weighted by atomic mass is 31.2. The Hall–Kier alpha value is -2.04. The summed E-state index contributed by atoms with van der Waals surface area (Å²) < 4.78 is 83.0. The van der Waals surface area contributed by atoms with Crippen LogP contribution in [0.2, 0.25) is 0 Å². The standard InChI is InChI=1S/C12H10F5O7P/c13-6-2-1-5(9(14)10(6)15)12(16,17)25(22,23)24-7(11(20)21)3-4-8(18)19/h1-2,7H,3-4H2,(H,18,19)(H,20,21)(H,22,23). The molecule has 0 fully saturated rings. The maximum atomic E-state index is 14.1. The van der Waals surface area contributed by atoms with Crippen molar-refractivity contribution >= 4 is 19.5 Å². The van der Waals surface area contributed by atoms with Crippen LogP contribution in [0.4, 0.5) is 22.0 Å². The minimum atomic E-state index is -6.29. The number of benzene rings is 1. The van der Waals surface area contributed by atoms with Crippen molar-refractivity contribution in [2.45, 2.75) is 24.6 Å². The van der Waals surface area contributed by atoms with Crippen LogP contribution in [-0.2, 0) is 24.3 Å². The molecule has 0 spiro atoms. The van der Waals surface area contributed by atoms with Gasteiger partial charge < -0.3 is 15.1 Å². The largest absolute Gasteiger partial charge is 0.481 e. The van der Waals surface area contributed by atoms with Gasteiger partial charge in [0, 0.05) is 6.42 Å². The van der Waals surface area contributed by atoms with E-state index in [1.165, 1.54) is 0 Å². The van der Waals surface area contributed by atoms with Gasteiger partial charge in [-0.25, -0.2) is 18.0 Å². The van der Waals surface area contributed by atoms with Crippen LogP contribution in [0.5, 0.6) is 0 Å².